The first kappa shape index (κ1) is 13.4. The van der Waals surface area contributed by atoms with Crippen LogP contribution in [0.3, 0.4) is 0 Å². The van der Waals surface area contributed by atoms with Gasteiger partial charge in [-0.25, -0.2) is 0 Å². The molecule has 2 atom stereocenters. The highest BCUT2D eigenvalue weighted by Crippen LogP contribution is 2.41. The van der Waals surface area contributed by atoms with Crippen LogP contribution in [0.5, 0.6) is 0 Å². The van der Waals surface area contributed by atoms with Gasteiger partial charge in [0.15, 0.2) is 0 Å². The summed E-state index contributed by atoms with van der Waals surface area (Å²) in [6.07, 6.45) is 5.45. The Bertz CT molecular complexity index is 270. The molecule has 2 heteroatoms. The second kappa shape index (κ2) is 4.55. The molecule has 2 rings (SSSR count). The van der Waals surface area contributed by atoms with Crippen molar-refractivity contribution in [1.29, 1.82) is 0 Å². The Morgan fingerprint density at radius 1 is 1.29 bits per heavy atom. The predicted molar refractivity (Wildman–Crippen MR) is 74.3 cm³/mol. The molecule has 2 aliphatic rings. The third-order valence-corrected chi connectivity index (χ3v) is 5.33. The number of nitrogens with one attached hydrogen (secondary N) is 1. The molecular formula is C15H30N2. The minimum atomic E-state index is 0.323. The molecule has 0 aromatic rings. The summed E-state index contributed by atoms with van der Waals surface area (Å²) in [7, 11) is 0. The first-order valence-electron chi connectivity index (χ1n) is 7.42. The van der Waals surface area contributed by atoms with Gasteiger partial charge in [0.05, 0.1) is 0 Å². The first-order chi connectivity index (χ1) is 7.90. The molecule has 0 bridgehead atoms. The first-order valence-corrected chi connectivity index (χ1v) is 7.42. The van der Waals surface area contributed by atoms with E-state index in [-0.39, 0.29) is 0 Å². The van der Waals surface area contributed by atoms with Crippen LogP contribution in [0, 0.1) is 5.92 Å². The van der Waals surface area contributed by atoms with E-state index in [2.05, 4.69) is 44.8 Å². The average molecular weight is 238 g/mol. The molecule has 1 saturated heterocycles. The molecule has 17 heavy (non-hydrogen) atoms. The second-order valence-corrected chi connectivity index (χ2v) is 7.08. The van der Waals surface area contributed by atoms with Crippen LogP contribution in [0.4, 0.5) is 0 Å². The smallest absolute Gasteiger partial charge is 0.0278 e. The second-order valence-electron chi connectivity index (χ2n) is 7.08. The molecule has 1 heterocycles. The van der Waals surface area contributed by atoms with E-state index < -0.39 is 0 Å². The normalized spacial score (nSPS) is 38.1. The van der Waals surface area contributed by atoms with Crippen LogP contribution < -0.4 is 5.32 Å². The highest BCUT2D eigenvalue weighted by Gasteiger charge is 2.46. The predicted octanol–water partition coefficient (Wildman–Crippen LogP) is 3.03. The van der Waals surface area contributed by atoms with Gasteiger partial charge in [-0.2, -0.15) is 0 Å². The lowest BCUT2D eigenvalue weighted by Crippen LogP contribution is -2.70. The molecule has 0 aromatic carbocycles. The Kier molecular flexibility index (Phi) is 3.57. The number of hydrogen-bond donors (Lipinski definition) is 1. The van der Waals surface area contributed by atoms with E-state index in [9.17, 15) is 0 Å². The van der Waals surface area contributed by atoms with Gasteiger partial charge in [-0.15, -0.1) is 0 Å². The van der Waals surface area contributed by atoms with Crippen molar-refractivity contribution in [2.75, 3.05) is 13.1 Å². The lowest BCUT2D eigenvalue weighted by molar-refractivity contribution is -0.0600. The maximum atomic E-state index is 3.79. The summed E-state index contributed by atoms with van der Waals surface area (Å²) in [6.45, 7) is 14.3. The Morgan fingerprint density at radius 3 is 2.35 bits per heavy atom. The minimum Gasteiger partial charge on any atom is -0.309 e. The molecule has 0 spiro atoms. The number of hydrogen-bond acceptors (Lipinski definition) is 2. The zero-order valence-electron chi connectivity index (χ0n) is 12.3. The van der Waals surface area contributed by atoms with Gasteiger partial charge in [-0.1, -0.05) is 20.8 Å². The summed E-state index contributed by atoms with van der Waals surface area (Å²) >= 11 is 0. The summed E-state index contributed by atoms with van der Waals surface area (Å²) in [4.78, 5) is 2.83. The molecule has 2 nitrogen and oxygen atoms in total. The van der Waals surface area contributed by atoms with E-state index in [1.807, 2.05) is 0 Å². The Morgan fingerprint density at radius 2 is 1.94 bits per heavy atom. The van der Waals surface area contributed by atoms with Gasteiger partial charge in [0.25, 0.3) is 0 Å². The van der Waals surface area contributed by atoms with Crippen LogP contribution >= 0.6 is 0 Å². The van der Waals surface area contributed by atoms with Gasteiger partial charge < -0.3 is 5.32 Å². The monoisotopic (exact) mass is 238 g/mol. The molecule has 100 valence electrons. The summed E-state index contributed by atoms with van der Waals surface area (Å²) in [5.41, 5.74) is 0.817. The molecule has 0 radical (unpaired) electrons. The molecule has 1 aliphatic carbocycles. The Labute approximate surface area is 107 Å². The lowest BCUT2D eigenvalue weighted by atomic mass is 9.73. The number of rotatable bonds is 3. The number of nitrogens with zero attached hydrogens (tertiary/aromatic N) is 1. The maximum Gasteiger partial charge on any atom is 0.0278 e. The fourth-order valence-electron chi connectivity index (χ4n) is 3.41. The van der Waals surface area contributed by atoms with Crippen LogP contribution in [-0.2, 0) is 0 Å². The molecule has 0 amide bonds. The Balaban J connectivity index is 2.15. The van der Waals surface area contributed by atoms with Gasteiger partial charge in [0.2, 0.25) is 0 Å². The molecule has 1 N–H and O–H groups in total. The van der Waals surface area contributed by atoms with Gasteiger partial charge in [-0.05, 0) is 45.4 Å². The quantitative estimate of drug-likeness (QED) is 0.813. The van der Waals surface area contributed by atoms with Crippen molar-refractivity contribution in [3.05, 3.63) is 0 Å². The minimum absolute atomic E-state index is 0.323. The summed E-state index contributed by atoms with van der Waals surface area (Å²) in [5, 5.41) is 3.79. The van der Waals surface area contributed by atoms with Crippen molar-refractivity contribution < 1.29 is 0 Å². The highest BCUT2D eigenvalue weighted by molar-refractivity contribution is 5.04. The van der Waals surface area contributed by atoms with Gasteiger partial charge in [-0.3, -0.25) is 4.90 Å². The molecule has 2 unspecified atom stereocenters. The van der Waals surface area contributed by atoms with Crippen molar-refractivity contribution >= 4 is 0 Å². The summed E-state index contributed by atoms with van der Waals surface area (Å²) in [6, 6.07) is 0.722. The van der Waals surface area contributed by atoms with Crippen molar-refractivity contribution in [2.24, 2.45) is 5.92 Å². The van der Waals surface area contributed by atoms with Crippen LogP contribution in [0.1, 0.15) is 60.3 Å². The van der Waals surface area contributed by atoms with Gasteiger partial charge in [0, 0.05) is 30.2 Å². The van der Waals surface area contributed by atoms with Crippen LogP contribution in [0.2, 0.25) is 0 Å². The van der Waals surface area contributed by atoms with Crippen molar-refractivity contribution in [1.82, 2.24) is 10.2 Å². The SMILES string of the molecule is CCC1(C)CN(C2(C)CCC2)C(C(C)C)CN1. The van der Waals surface area contributed by atoms with E-state index in [0.29, 0.717) is 11.1 Å². The third kappa shape index (κ3) is 2.39. The standard InChI is InChI=1S/C15H30N2/c1-6-14(4)11-17(15(5)8-7-9-15)13(10-16-14)12(2)3/h12-13,16H,6-11H2,1-5H3. The van der Waals surface area contributed by atoms with E-state index in [1.165, 1.54) is 32.2 Å². The third-order valence-electron chi connectivity index (χ3n) is 5.33. The largest absolute Gasteiger partial charge is 0.309 e. The van der Waals surface area contributed by atoms with Crippen molar-refractivity contribution in [2.45, 2.75) is 77.4 Å². The van der Waals surface area contributed by atoms with E-state index in [0.717, 1.165) is 18.5 Å². The lowest BCUT2D eigenvalue weighted by Gasteiger charge is -2.58. The average Bonchev–Trinajstić information content (AvgIpc) is 2.25. The maximum absolute atomic E-state index is 3.79. The Hall–Kier alpha value is -0.0800. The topological polar surface area (TPSA) is 15.3 Å². The van der Waals surface area contributed by atoms with Gasteiger partial charge in [0.1, 0.15) is 0 Å². The van der Waals surface area contributed by atoms with Crippen molar-refractivity contribution in [3.8, 4) is 0 Å². The van der Waals surface area contributed by atoms with Crippen LogP contribution in [0.25, 0.3) is 0 Å². The molecule has 2 fully saturated rings. The number of piperazine rings is 1. The van der Waals surface area contributed by atoms with Crippen LogP contribution in [0.15, 0.2) is 0 Å². The van der Waals surface area contributed by atoms with E-state index >= 15 is 0 Å². The van der Waals surface area contributed by atoms with Crippen molar-refractivity contribution in [3.63, 3.8) is 0 Å². The summed E-state index contributed by atoms with van der Waals surface area (Å²) in [5.74, 6) is 0.751. The van der Waals surface area contributed by atoms with E-state index in [1.54, 1.807) is 0 Å². The zero-order chi connectivity index (χ0) is 12.7. The van der Waals surface area contributed by atoms with Gasteiger partial charge >= 0.3 is 0 Å². The summed E-state index contributed by atoms with van der Waals surface area (Å²) < 4.78 is 0. The fraction of sp³-hybridized carbons (Fsp3) is 1.00. The highest BCUT2D eigenvalue weighted by atomic mass is 15.3. The zero-order valence-corrected chi connectivity index (χ0v) is 12.3. The molecule has 0 aromatic heterocycles. The van der Waals surface area contributed by atoms with Crippen LogP contribution in [-0.4, -0.2) is 35.1 Å². The molecular weight excluding hydrogens is 208 g/mol. The molecule has 1 saturated carbocycles. The van der Waals surface area contributed by atoms with E-state index in [4.69, 9.17) is 0 Å². The molecule has 1 aliphatic heterocycles. The fourth-order valence-corrected chi connectivity index (χ4v) is 3.41.